The summed E-state index contributed by atoms with van der Waals surface area (Å²) in [4.78, 5) is 43.4. The maximum Gasteiger partial charge on any atom is 0.382 e. The van der Waals surface area contributed by atoms with Gasteiger partial charge in [0.05, 0.1) is 0 Å². The highest BCUT2D eigenvalue weighted by molar-refractivity contribution is 5.89. The van der Waals surface area contributed by atoms with Gasteiger partial charge in [0.2, 0.25) is 0 Å². The second-order valence-electron chi connectivity index (χ2n) is 7.40. The van der Waals surface area contributed by atoms with Crippen molar-refractivity contribution in [3.63, 3.8) is 0 Å². The van der Waals surface area contributed by atoms with E-state index >= 15 is 0 Å². The predicted octanol–water partition coefficient (Wildman–Crippen LogP) is 2.77. The lowest BCUT2D eigenvalue weighted by atomic mass is 9.96. The molecule has 8 heteroatoms. The van der Waals surface area contributed by atoms with Gasteiger partial charge >= 0.3 is 23.9 Å². The van der Waals surface area contributed by atoms with Crippen molar-refractivity contribution >= 4 is 23.9 Å². The monoisotopic (exact) mass is 502 g/mol. The zero-order chi connectivity index (χ0) is 27.7. The molecule has 182 valence electrons. The van der Waals surface area contributed by atoms with Crippen molar-refractivity contribution in [1.29, 1.82) is 0 Å². The van der Waals surface area contributed by atoms with Crippen LogP contribution in [0, 0.1) is 47.4 Å². The van der Waals surface area contributed by atoms with Crippen LogP contribution in [0.15, 0.2) is 60.7 Å². The van der Waals surface area contributed by atoms with Gasteiger partial charge in [0.1, 0.15) is 0 Å². The Morgan fingerprint density at radius 2 is 0.632 bits per heavy atom. The molecule has 3 rings (SSSR count). The summed E-state index contributed by atoms with van der Waals surface area (Å²) in [6.07, 6.45) is 0. The van der Waals surface area contributed by atoms with E-state index in [0.717, 1.165) is 0 Å². The van der Waals surface area contributed by atoms with Gasteiger partial charge in [-0.3, -0.25) is 0 Å². The van der Waals surface area contributed by atoms with E-state index in [0.29, 0.717) is 44.5 Å². The Hall–Kier alpha value is -6.22. The molecule has 4 N–H and O–H groups in total. The number of hydrogen-bond donors (Lipinski definition) is 4. The number of hydrogen-bond acceptors (Lipinski definition) is 4. The Kier molecular flexibility index (Phi) is 8.30. The Labute approximate surface area is 216 Å². The van der Waals surface area contributed by atoms with Crippen molar-refractivity contribution in [3.8, 4) is 69.6 Å². The standard InChI is InChI=1S/C30H14O8/c31-27(32)9-1-19-13-20(2-10-28(33)34)16-25(15-19)23-5-7-24(8-6-23)26-17-21(3-11-29(35)36)14-22(18-26)4-12-30(37)38/h5-8,13-18H,(H,31,32)(H,33,34)(H,35,36)(H,37,38). The van der Waals surface area contributed by atoms with E-state index in [1.807, 2.05) is 23.7 Å². The SMILES string of the molecule is O=C(O)C#Cc1cc(C#CC(=O)O)cc(-c2ccc(-c3cc(C#CC(=O)O)cc(C#CC(=O)O)c3)cc2)c1. The molecule has 0 fully saturated rings. The lowest BCUT2D eigenvalue weighted by molar-refractivity contribution is -0.131. The van der Waals surface area contributed by atoms with E-state index < -0.39 is 23.9 Å². The van der Waals surface area contributed by atoms with E-state index in [9.17, 15) is 19.2 Å². The molecule has 0 saturated carbocycles. The molecule has 0 aliphatic rings. The molecule has 38 heavy (non-hydrogen) atoms. The molecule has 3 aromatic carbocycles. The summed E-state index contributed by atoms with van der Waals surface area (Å²) in [5.41, 5.74) is 3.92. The van der Waals surface area contributed by atoms with Crippen LogP contribution in [0.1, 0.15) is 22.3 Å². The summed E-state index contributed by atoms with van der Waals surface area (Å²) < 4.78 is 0. The topological polar surface area (TPSA) is 149 Å². The number of benzene rings is 3. The summed E-state index contributed by atoms with van der Waals surface area (Å²) in [7, 11) is 0. The first-order valence-corrected chi connectivity index (χ1v) is 10.5. The molecular weight excluding hydrogens is 488 g/mol. The highest BCUT2D eigenvalue weighted by Gasteiger charge is 2.06. The molecule has 0 amide bonds. The van der Waals surface area contributed by atoms with Crippen molar-refractivity contribution < 1.29 is 39.6 Å². The predicted molar refractivity (Wildman–Crippen MR) is 135 cm³/mol. The van der Waals surface area contributed by atoms with Crippen LogP contribution in [0.3, 0.4) is 0 Å². The molecule has 0 aliphatic carbocycles. The van der Waals surface area contributed by atoms with Crippen LogP contribution in [0.5, 0.6) is 0 Å². The number of aliphatic carboxylic acids is 4. The summed E-state index contributed by atoms with van der Waals surface area (Å²) in [5.74, 6) is 12.8. The van der Waals surface area contributed by atoms with Gasteiger partial charge in [-0.25, -0.2) is 19.2 Å². The molecule has 0 aromatic heterocycles. The first-order valence-electron chi connectivity index (χ1n) is 10.5. The zero-order valence-corrected chi connectivity index (χ0v) is 19.2. The van der Waals surface area contributed by atoms with Gasteiger partial charge in [-0.1, -0.05) is 47.9 Å². The van der Waals surface area contributed by atoms with Crippen LogP contribution in [0.25, 0.3) is 22.3 Å². The number of carbonyl (C=O) groups is 4. The number of carboxylic acids is 4. The van der Waals surface area contributed by atoms with Crippen LogP contribution in [-0.2, 0) is 19.2 Å². The fraction of sp³-hybridized carbons (Fsp3) is 0. The van der Waals surface area contributed by atoms with Crippen molar-refractivity contribution in [3.05, 3.63) is 82.9 Å². The fourth-order valence-electron chi connectivity index (χ4n) is 3.23. The minimum atomic E-state index is -1.32. The normalized spacial score (nSPS) is 9.05. The van der Waals surface area contributed by atoms with Gasteiger partial charge in [-0.15, -0.1) is 0 Å². The third-order valence-corrected chi connectivity index (χ3v) is 4.67. The molecule has 0 saturated heterocycles. The van der Waals surface area contributed by atoms with Crippen LogP contribution in [0.4, 0.5) is 0 Å². The third kappa shape index (κ3) is 7.93. The van der Waals surface area contributed by atoms with Crippen LogP contribution >= 0.6 is 0 Å². The summed E-state index contributed by atoms with van der Waals surface area (Å²) >= 11 is 0. The highest BCUT2D eigenvalue weighted by atomic mass is 16.4. The maximum atomic E-state index is 10.8. The zero-order valence-electron chi connectivity index (χ0n) is 19.2. The van der Waals surface area contributed by atoms with Crippen molar-refractivity contribution in [2.75, 3.05) is 0 Å². The van der Waals surface area contributed by atoms with E-state index in [1.165, 1.54) is 12.1 Å². The quantitative estimate of drug-likeness (QED) is 0.391. The molecule has 0 spiro atoms. The van der Waals surface area contributed by atoms with E-state index in [1.54, 1.807) is 48.5 Å². The van der Waals surface area contributed by atoms with Crippen molar-refractivity contribution in [2.45, 2.75) is 0 Å². The second kappa shape index (κ2) is 12.0. The average Bonchev–Trinajstić information content (AvgIpc) is 2.88. The Balaban J connectivity index is 2.07. The van der Waals surface area contributed by atoms with Crippen LogP contribution in [0.2, 0.25) is 0 Å². The van der Waals surface area contributed by atoms with Gasteiger partial charge in [0.15, 0.2) is 0 Å². The molecule has 0 radical (unpaired) electrons. The largest absolute Gasteiger partial charge is 0.472 e. The summed E-state index contributed by atoms with van der Waals surface area (Å²) in [6.45, 7) is 0. The van der Waals surface area contributed by atoms with E-state index in [4.69, 9.17) is 20.4 Å². The van der Waals surface area contributed by atoms with E-state index in [-0.39, 0.29) is 0 Å². The summed E-state index contributed by atoms with van der Waals surface area (Å²) in [5, 5.41) is 35.4. The van der Waals surface area contributed by atoms with Gasteiger partial charge in [-0.05, 0) is 58.7 Å². The molecule has 0 aliphatic heterocycles. The van der Waals surface area contributed by atoms with Gasteiger partial charge < -0.3 is 20.4 Å². The molecule has 8 nitrogen and oxygen atoms in total. The molecule has 0 heterocycles. The number of carboxylic acid groups (broad SMARTS) is 4. The van der Waals surface area contributed by atoms with Gasteiger partial charge in [0.25, 0.3) is 0 Å². The minimum absolute atomic E-state index is 0.329. The second-order valence-corrected chi connectivity index (χ2v) is 7.40. The Morgan fingerprint density at radius 1 is 0.395 bits per heavy atom. The Morgan fingerprint density at radius 3 is 0.842 bits per heavy atom. The highest BCUT2D eigenvalue weighted by Crippen LogP contribution is 2.27. The first-order chi connectivity index (χ1) is 18.1. The molecule has 0 atom stereocenters. The lowest BCUT2D eigenvalue weighted by Crippen LogP contribution is -1.91. The smallest absolute Gasteiger partial charge is 0.382 e. The molecule has 0 unspecified atom stereocenters. The van der Waals surface area contributed by atoms with Crippen molar-refractivity contribution in [1.82, 2.24) is 0 Å². The van der Waals surface area contributed by atoms with E-state index in [2.05, 4.69) is 23.7 Å². The Bertz CT molecular complexity index is 1500. The third-order valence-electron chi connectivity index (χ3n) is 4.67. The minimum Gasteiger partial charge on any atom is -0.472 e. The summed E-state index contributed by atoms with van der Waals surface area (Å²) in [6, 6.07) is 16.5. The first kappa shape index (κ1) is 26.4. The van der Waals surface area contributed by atoms with Gasteiger partial charge in [0, 0.05) is 45.9 Å². The van der Waals surface area contributed by atoms with Crippen LogP contribution < -0.4 is 0 Å². The molecule has 0 bridgehead atoms. The molecular formula is C30H14O8. The lowest BCUT2D eigenvalue weighted by Gasteiger charge is -2.08. The fourth-order valence-corrected chi connectivity index (χ4v) is 3.23. The van der Waals surface area contributed by atoms with Crippen molar-refractivity contribution in [2.24, 2.45) is 0 Å². The average molecular weight is 502 g/mol. The van der Waals surface area contributed by atoms with Gasteiger partial charge in [-0.2, -0.15) is 0 Å². The molecule has 3 aromatic rings. The maximum absolute atomic E-state index is 10.8. The number of rotatable bonds is 2. The van der Waals surface area contributed by atoms with Crippen LogP contribution in [-0.4, -0.2) is 44.3 Å².